The van der Waals surface area contributed by atoms with Crippen LogP contribution >= 0.6 is 0 Å². The van der Waals surface area contributed by atoms with E-state index in [1.165, 1.54) is 0 Å². The first kappa shape index (κ1) is 13.1. The van der Waals surface area contributed by atoms with Crippen LogP contribution in [0.4, 0.5) is 0 Å². The fraction of sp³-hybridized carbons (Fsp3) is 0.692. The first-order valence-corrected chi connectivity index (χ1v) is 6.53. The molecule has 2 rings (SSSR count). The standard InChI is InChI=1S/C13H21N3O2/c1-18-11-12-3-8-15(9-4-12)13(17)5-10-16-7-2-6-14-16/h2,6-7,12H,3-5,8-11H2,1H3. The van der Waals surface area contributed by atoms with Gasteiger partial charge in [0.2, 0.25) is 5.91 Å². The van der Waals surface area contributed by atoms with Crippen LogP contribution in [0.1, 0.15) is 19.3 Å². The van der Waals surface area contributed by atoms with Crippen LogP contribution < -0.4 is 0 Å². The number of carbonyl (C=O) groups excluding carboxylic acids is 1. The molecule has 0 spiro atoms. The number of rotatable bonds is 5. The molecule has 0 N–H and O–H groups in total. The first-order valence-electron chi connectivity index (χ1n) is 6.53. The highest BCUT2D eigenvalue weighted by Gasteiger charge is 2.22. The minimum atomic E-state index is 0.237. The summed E-state index contributed by atoms with van der Waals surface area (Å²) in [6, 6.07) is 1.88. The van der Waals surface area contributed by atoms with Gasteiger partial charge in [-0.3, -0.25) is 9.48 Å². The number of carbonyl (C=O) groups is 1. The van der Waals surface area contributed by atoms with Crippen molar-refractivity contribution in [1.29, 1.82) is 0 Å². The van der Waals surface area contributed by atoms with Gasteiger partial charge in [0.15, 0.2) is 0 Å². The molecule has 1 fully saturated rings. The van der Waals surface area contributed by atoms with E-state index in [1.54, 1.807) is 18.0 Å². The third-order valence-corrected chi connectivity index (χ3v) is 3.48. The van der Waals surface area contributed by atoms with E-state index < -0.39 is 0 Å². The Morgan fingerprint density at radius 1 is 1.44 bits per heavy atom. The summed E-state index contributed by atoms with van der Waals surface area (Å²) in [6.45, 7) is 3.22. The van der Waals surface area contributed by atoms with E-state index in [0.717, 1.165) is 32.5 Å². The van der Waals surface area contributed by atoms with Gasteiger partial charge in [0.25, 0.3) is 0 Å². The van der Waals surface area contributed by atoms with Crippen molar-refractivity contribution < 1.29 is 9.53 Å². The van der Waals surface area contributed by atoms with Gasteiger partial charge in [0.05, 0.1) is 0 Å². The zero-order valence-electron chi connectivity index (χ0n) is 10.9. The quantitative estimate of drug-likeness (QED) is 0.789. The summed E-state index contributed by atoms with van der Waals surface area (Å²) in [6.07, 6.45) is 6.28. The second-order valence-corrected chi connectivity index (χ2v) is 4.80. The SMILES string of the molecule is COCC1CCN(C(=O)CCn2cccn2)CC1. The maximum absolute atomic E-state index is 12.0. The Morgan fingerprint density at radius 2 is 2.22 bits per heavy atom. The van der Waals surface area contributed by atoms with Crippen LogP contribution in [0.15, 0.2) is 18.5 Å². The van der Waals surface area contributed by atoms with Gasteiger partial charge in [-0.15, -0.1) is 0 Å². The van der Waals surface area contributed by atoms with Gasteiger partial charge in [0.1, 0.15) is 0 Å². The lowest BCUT2D eigenvalue weighted by atomic mass is 9.97. The Kier molecular flexibility index (Phi) is 4.75. The second-order valence-electron chi connectivity index (χ2n) is 4.80. The fourth-order valence-electron chi connectivity index (χ4n) is 2.39. The summed E-state index contributed by atoms with van der Waals surface area (Å²) in [4.78, 5) is 14.0. The lowest BCUT2D eigenvalue weighted by molar-refractivity contribution is -0.133. The van der Waals surface area contributed by atoms with E-state index in [0.29, 0.717) is 18.9 Å². The predicted molar refractivity (Wildman–Crippen MR) is 68.0 cm³/mol. The lowest BCUT2D eigenvalue weighted by Gasteiger charge is -2.31. The van der Waals surface area contributed by atoms with Gasteiger partial charge >= 0.3 is 0 Å². The van der Waals surface area contributed by atoms with Crippen LogP contribution in [0.25, 0.3) is 0 Å². The topological polar surface area (TPSA) is 47.4 Å². The molecule has 1 aromatic heterocycles. The van der Waals surface area contributed by atoms with Crippen molar-refractivity contribution in [3.63, 3.8) is 0 Å². The Balaban J connectivity index is 1.70. The van der Waals surface area contributed by atoms with Gasteiger partial charge in [0, 0.05) is 52.2 Å². The average molecular weight is 251 g/mol. The Morgan fingerprint density at radius 3 is 2.83 bits per heavy atom. The third-order valence-electron chi connectivity index (χ3n) is 3.48. The lowest BCUT2D eigenvalue weighted by Crippen LogP contribution is -2.39. The van der Waals surface area contributed by atoms with E-state index in [2.05, 4.69) is 5.10 Å². The van der Waals surface area contributed by atoms with Crippen molar-refractivity contribution in [3.8, 4) is 0 Å². The maximum Gasteiger partial charge on any atom is 0.224 e. The van der Waals surface area contributed by atoms with Gasteiger partial charge < -0.3 is 9.64 Å². The van der Waals surface area contributed by atoms with Crippen molar-refractivity contribution in [2.75, 3.05) is 26.8 Å². The van der Waals surface area contributed by atoms with Crippen LogP contribution in [-0.2, 0) is 16.1 Å². The van der Waals surface area contributed by atoms with Gasteiger partial charge in [-0.25, -0.2) is 0 Å². The van der Waals surface area contributed by atoms with Crippen LogP contribution in [-0.4, -0.2) is 47.4 Å². The molecule has 1 aromatic rings. The van der Waals surface area contributed by atoms with Crippen LogP contribution in [0.5, 0.6) is 0 Å². The molecule has 5 nitrogen and oxygen atoms in total. The van der Waals surface area contributed by atoms with Crippen molar-refractivity contribution >= 4 is 5.91 Å². The Hall–Kier alpha value is -1.36. The Bertz CT molecular complexity index is 356. The van der Waals surface area contributed by atoms with Gasteiger partial charge in [-0.05, 0) is 24.8 Å². The number of ether oxygens (including phenoxy) is 1. The molecule has 0 bridgehead atoms. The number of nitrogens with zero attached hydrogens (tertiary/aromatic N) is 3. The van der Waals surface area contributed by atoms with E-state index in [-0.39, 0.29) is 5.91 Å². The summed E-state index contributed by atoms with van der Waals surface area (Å²) in [5, 5.41) is 4.10. The van der Waals surface area contributed by atoms with Gasteiger partial charge in [-0.2, -0.15) is 5.10 Å². The average Bonchev–Trinajstić information content (AvgIpc) is 2.90. The molecule has 100 valence electrons. The summed E-state index contributed by atoms with van der Waals surface area (Å²) in [5.41, 5.74) is 0. The highest BCUT2D eigenvalue weighted by molar-refractivity contribution is 5.76. The monoisotopic (exact) mass is 251 g/mol. The van der Waals surface area contributed by atoms with Crippen LogP contribution in [0.3, 0.4) is 0 Å². The molecule has 2 heterocycles. The summed E-state index contributed by atoms with van der Waals surface area (Å²) in [7, 11) is 1.74. The zero-order chi connectivity index (χ0) is 12.8. The largest absolute Gasteiger partial charge is 0.384 e. The van der Waals surface area contributed by atoms with E-state index >= 15 is 0 Å². The predicted octanol–water partition coefficient (Wildman–Crippen LogP) is 1.16. The molecule has 0 saturated carbocycles. The second kappa shape index (κ2) is 6.54. The van der Waals surface area contributed by atoms with E-state index in [9.17, 15) is 4.79 Å². The van der Waals surface area contributed by atoms with Crippen molar-refractivity contribution in [2.24, 2.45) is 5.92 Å². The van der Waals surface area contributed by atoms with Crippen LogP contribution in [0, 0.1) is 5.92 Å². The molecule has 1 saturated heterocycles. The number of amides is 1. The molecule has 1 amide bonds. The maximum atomic E-state index is 12.0. The highest BCUT2D eigenvalue weighted by Crippen LogP contribution is 2.17. The number of likely N-dealkylation sites (tertiary alicyclic amines) is 1. The number of hydrogen-bond acceptors (Lipinski definition) is 3. The zero-order valence-corrected chi connectivity index (χ0v) is 10.9. The summed E-state index contributed by atoms with van der Waals surface area (Å²) < 4.78 is 6.96. The number of aromatic nitrogens is 2. The van der Waals surface area contributed by atoms with E-state index in [4.69, 9.17) is 4.74 Å². The van der Waals surface area contributed by atoms with Crippen molar-refractivity contribution in [2.45, 2.75) is 25.8 Å². The number of methoxy groups -OCH3 is 1. The molecule has 18 heavy (non-hydrogen) atoms. The summed E-state index contributed by atoms with van der Waals surface area (Å²) >= 11 is 0. The molecule has 0 atom stereocenters. The number of aryl methyl sites for hydroxylation is 1. The molecular weight excluding hydrogens is 230 g/mol. The third kappa shape index (κ3) is 3.57. The molecular formula is C13H21N3O2. The molecule has 1 aliphatic rings. The fourth-order valence-corrected chi connectivity index (χ4v) is 2.39. The van der Waals surface area contributed by atoms with Crippen molar-refractivity contribution in [3.05, 3.63) is 18.5 Å². The molecule has 0 unspecified atom stereocenters. The molecule has 0 radical (unpaired) electrons. The number of piperidine rings is 1. The smallest absolute Gasteiger partial charge is 0.224 e. The summed E-state index contributed by atoms with van der Waals surface area (Å²) in [5.74, 6) is 0.853. The Labute approximate surface area is 108 Å². The molecule has 5 heteroatoms. The normalized spacial score (nSPS) is 17.1. The number of hydrogen-bond donors (Lipinski definition) is 0. The van der Waals surface area contributed by atoms with E-state index in [1.807, 2.05) is 17.2 Å². The van der Waals surface area contributed by atoms with Gasteiger partial charge in [-0.1, -0.05) is 0 Å². The minimum Gasteiger partial charge on any atom is -0.384 e. The first-order chi connectivity index (χ1) is 8.79. The van der Waals surface area contributed by atoms with Crippen molar-refractivity contribution in [1.82, 2.24) is 14.7 Å². The van der Waals surface area contributed by atoms with Crippen LogP contribution in [0.2, 0.25) is 0 Å². The molecule has 0 aliphatic carbocycles. The molecule has 1 aliphatic heterocycles. The highest BCUT2D eigenvalue weighted by atomic mass is 16.5. The minimum absolute atomic E-state index is 0.237. The molecule has 0 aromatic carbocycles.